The van der Waals surface area contributed by atoms with E-state index in [0.717, 1.165) is 23.0 Å². The maximum absolute atomic E-state index is 4.78. The number of hydrogen-bond acceptors (Lipinski definition) is 2. The molecule has 0 saturated heterocycles. The zero-order valence-corrected chi connectivity index (χ0v) is 23.1. The lowest BCUT2D eigenvalue weighted by Crippen LogP contribution is -3.00. The molecule has 0 saturated carbocycles. The van der Waals surface area contributed by atoms with Crippen LogP contribution < -0.4 is 33.6 Å². The molecule has 0 aliphatic heterocycles. The van der Waals surface area contributed by atoms with Crippen molar-refractivity contribution in [3.05, 3.63) is 100 Å². The van der Waals surface area contributed by atoms with Crippen molar-refractivity contribution in [2.24, 2.45) is 10.3 Å². The monoisotopic (exact) mass is 565 g/mol. The predicted octanol–water partition coefficient (Wildman–Crippen LogP) is 3.74. The second kappa shape index (κ2) is 10.5. The number of para-hydroxylation sites is 1. The minimum absolute atomic E-state index is 0. The summed E-state index contributed by atoms with van der Waals surface area (Å²) in [4.78, 5) is 0. The Morgan fingerprint density at radius 1 is 0.765 bits per heavy atom. The number of aromatic nitrogens is 2. The highest BCUT2D eigenvalue weighted by Gasteiger charge is 2.25. The molecule has 0 N–H and O–H groups in total. The zero-order chi connectivity index (χ0) is 23.7. The molecule has 34 heavy (non-hydrogen) atoms. The molecule has 0 aliphatic carbocycles. The van der Waals surface area contributed by atoms with E-state index in [4.69, 9.17) is 5.11 Å². The van der Waals surface area contributed by atoms with E-state index in [-0.39, 0.29) is 24.0 Å². The highest BCUT2D eigenvalue weighted by atomic mass is 127. The molecule has 0 radical (unpaired) electrons. The summed E-state index contributed by atoms with van der Waals surface area (Å²) in [5.41, 5.74) is 10.6. The molecule has 4 rings (SSSR count). The van der Waals surface area contributed by atoms with Crippen molar-refractivity contribution in [1.82, 2.24) is 4.57 Å². The number of imidazole rings is 1. The first kappa shape index (κ1) is 25.6. The average molecular weight is 566 g/mol. The number of rotatable bonds is 5. The summed E-state index contributed by atoms with van der Waals surface area (Å²) in [6.45, 7) is 12.9. The number of nitrogens with zero attached hydrogens (tertiary/aromatic N) is 5. The van der Waals surface area contributed by atoms with E-state index >= 15 is 0 Å². The highest BCUT2D eigenvalue weighted by molar-refractivity contribution is 5.52. The van der Waals surface area contributed by atoms with Crippen LogP contribution in [0, 0.1) is 41.5 Å². The SMILES string of the molecule is Cc1cc(C)c(-n2cc[n+](-c3c(C)cc(C)cc3C)c2/N=N/N(C)c2ccccc2)c(C)c1.[I-]. The Kier molecular flexibility index (Phi) is 7.92. The smallest absolute Gasteiger partial charge is 0.433 e. The zero-order valence-electron chi connectivity index (χ0n) is 21.0. The van der Waals surface area contributed by atoms with Gasteiger partial charge in [-0.25, -0.2) is 5.01 Å². The molecule has 5 nitrogen and oxygen atoms in total. The molecule has 1 aromatic heterocycles. The van der Waals surface area contributed by atoms with Gasteiger partial charge in [0.1, 0.15) is 23.8 Å². The summed E-state index contributed by atoms with van der Waals surface area (Å²) in [6, 6.07) is 18.9. The van der Waals surface area contributed by atoms with Crippen LogP contribution in [-0.4, -0.2) is 11.6 Å². The Hall–Kier alpha value is -3.00. The van der Waals surface area contributed by atoms with Gasteiger partial charge in [-0.3, -0.25) is 0 Å². The molecule has 176 valence electrons. The third-order valence-electron chi connectivity index (χ3n) is 5.95. The van der Waals surface area contributed by atoms with Gasteiger partial charge in [-0.15, -0.1) is 0 Å². The van der Waals surface area contributed by atoms with Crippen molar-refractivity contribution < 1.29 is 28.5 Å². The summed E-state index contributed by atoms with van der Waals surface area (Å²) in [5.74, 6) is 0.753. The van der Waals surface area contributed by atoms with Gasteiger partial charge in [0.25, 0.3) is 0 Å². The van der Waals surface area contributed by atoms with Crippen LogP contribution in [0.2, 0.25) is 0 Å². The molecule has 0 bridgehead atoms. The van der Waals surface area contributed by atoms with Crippen LogP contribution in [0.1, 0.15) is 33.4 Å². The van der Waals surface area contributed by atoms with Crippen molar-refractivity contribution in [3.63, 3.8) is 0 Å². The molecule has 0 aliphatic rings. The Morgan fingerprint density at radius 3 is 1.85 bits per heavy atom. The predicted molar refractivity (Wildman–Crippen MR) is 135 cm³/mol. The Bertz CT molecular complexity index is 1220. The fourth-order valence-electron chi connectivity index (χ4n) is 4.74. The maximum atomic E-state index is 4.78. The summed E-state index contributed by atoms with van der Waals surface area (Å²) < 4.78 is 4.29. The van der Waals surface area contributed by atoms with Crippen LogP contribution in [0.3, 0.4) is 0 Å². The van der Waals surface area contributed by atoms with Crippen LogP contribution in [0.4, 0.5) is 11.6 Å². The normalized spacial score (nSPS) is 11.0. The lowest BCUT2D eigenvalue weighted by Gasteiger charge is -2.12. The number of aryl methyl sites for hydroxylation is 6. The third-order valence-corrected chi connectivity index (χ3v) is 5.95. The quantitative estimate of drug-likeness (QED) is 0.157. The Labute approximate surface area is 219 Å². The molecule has 0 amide bonds. The van der Waals surface area contributed by atoms with E-state index in [1.807, 2.05) is 37.4 Å². The fraction of sp³-hybridized carbons (Fsp3) is 0.250. The van der Waals surface area contributed by atoms with E-state index in [9.17, 15) is 0 Å². The molecule has 6 heteroatoms. The lowest BCUT2D eigenvalue weighted by molar-refractivity contribution is -0.581. The average Bonchev–Trinajstić information content (AvgIpc) is 3.14. The first-order valence-corrected chi connectivity index (χ1v) is 11.3. The van der Waals surface area contributed by atoms with Crippen LogP contribution in [0.25, 0.3) is 11.4 Å². The molecule has 3 aromatic carbocycles. The summed E-state index contributed by atoms with van der Waals surface area (Å²) >= 11 is 0. The number of halogens is 1. The first-order valence-electron chi connectivity index (χ1n) is 11.3. The van der Waals surface area contributed by atoms with Gasteiger partial charge in [0.15, 0.2) is 0 Å². The van der Waals surface area contributed by atoms with Crippen LogP contribution in [0.5, 0.6) is 0 Å². The third kappa shape index (κ3) is 5.06. The minimum Gasteiger partial charge on any atom is -1.00 e. The molecule has 0 unspecified atom stereocenters. The summed E-state index contributed by atoms with van der Waals surface area (Å²) in [5, 5.41) is 11.2. The first-order chi connectivity index (χ1) is 15.8. The number of anilines is 1. The maximum Gasteiger partial charge on any atom is 0.433 e. The highest BCUT2D eigenvalue weighted by Crippen LogP contribution is 2.27. The molecule has 0 fully saturated rings. The van der Waals surface area contributed by atoms with E-state index in [2.05, 4.69) is 92.6 Å². The molecule has 4 aromatic rings. The molecule has 0 spiro atoms. The van der Waals surface area contributed by atoms with E-state index in [0.29, 0.717) is 0 Å². The van der Waals surface area contributed by atoms with E-state index < -0.39 is 0 Å². The molecule has 0 atom stereocenters. The van der Waals surface area contributed by atoms with Gasteiger partial charge in [0.05, 0.1) is 10.8 Å². The second-order valence-corrected chi connectivity index (χ2v) is 8.88. The van der Waals surface area contributed by atoms with E-state index in [1.165, 1.54) is 33.4 Å². The molecular weight excluding hydrogens is 533 g/mol. The molecule has 1 heterocycles. The number of benzene rings is 3. The standard InChI is InChI=1S/C28H32N5.HI/c1-19-15-21(3)26(22(4)16-19)32-13-14-33(27-23(5)17-20(2)18-24(27)6)28(32)29-30-31(7)25-11-9-8-10-12-25;/h8-18H,1-7H3;1H/q+1;/p-1. The van der Waals surface area contributed by atoms with Crippen molar-refractivity contribution in [2.45, 2.75) is 41.5 Å². The van der Waals surface area contributed by atoms with Gasteiger partial charge < -0.3 is 24.0 Å². The van der Waals surface area contributed by atoms with E-state index in [1.54, 1.807) is 5.01 Å². The van der Waals surface area contributed by atoms with Crippen molar-refractivity contribution in [2.75, 3.05) is 12.1 Å². The van der Waals surface area contributed by atoms with Crippen LogP contribution >= 0.6 is 0 Å². The van der Waals surface area contributed by atoms with Crippen molar-refractivity contribution in [1.29, 1.82) is 0 Å². The topological polar surface area (TPSA) is 36.8 Å². The summed E-state index contributed by atoms with van der Waals surface area (Å²) in [7, 11) is 1.92. The van der Waals surface area contributed by atoms with Gasteiger partial charge in [-0.2, -0.15) is 9.13 Å². The van der Waals surface area contributed by atoms with Gasteiger partial charge in [-0.05, 0) is 75.9 Å². The van der Waals surface area contributed by atoms with Gasteiger partial charge in [0.2, 0.25) is 0 Å². The number of hydrogen-bond donors (Lipinski definition) is 0. The van der Waals surface area contributed by atoms with Gasteiger partial charge in [-0.1, -0.05) is 53.6 Å². The summed E-state index contributed by atoms with van der Waals surface area (Å²) in [6.07, 6.45) is 4.17. The van der Waals surface area contributed by atoms with Crippen LogP contribution in [-0.2, 0) is 0 Å². The Balaban J connectivity index is 0.00000324. The van der Waals surface area contributed by atoms with Crippen molar-refractivity contribution in [3.8, 4) is 11.4 Å². The molecular formula is C28H32IN5. The van der Waals surface area contributed by atoms with Gasteiger partial charge in [0, 0.05) is 12.3 Å². The van der Waals surface area contributed by atoms with Crippen LogP contribution in [0.15, 0.2) is 77.3 Å². The second-order valence-electron chi connectivity index (χ2n) is 8.88. The largest absolute Gasteiger partial charge is 1.00 e. The minimum atomic E-state index is 0. The van der Waals surface area contributed by atoms with Crippen molar-refractivity contribution >= 4 is 11.6 Å². The fourth-order valence-corrected chi connectivity index (χ4v) is 4.74. The lowest BCUT2D eigenvalue weighted by atomic mass is 10.0. The Morgan fingerprint density at radius 2 is 1.29 bits per heavy atom. The van der Waals surface area contributed by atoms with Gasteiger partial charge >= 0.3 is 5.95 Å².